The highest BCUT2D eigenvalue weighted by Gasteiger charge is 2.41. The number of hydrogen-bond acceptors (Lipinski definition) is 6. The summed E-state index contributed by atoms with van der Waals surface area (Å²) in [5, 5.41) is 3.17. The summed E-state index contributed by atoms with van der Waals surface area (Å²) in [6.45, 7) is 8.35. The van der Waals surface area contributed by atoms with Crippen LogP contribution in [0.4, 0.5) is 0 Å². The third-order valence-electron chi connectivity index (χ3n) is 4.29. The highest BCUT2D eigenvalue weighted by Crippen LogP contribution is 2.32. The van der Waals surface area contributed by atoms with Gasteiger partial charge in [0.15, 0.2) is 9.84 Å². The van der Waals surface area contributed by atoms with Crippen molar-refractivity contribution in [2.75, 3.05) is 50.6 Å². The summed E-state index contributed by atoms with van der Waals surface area (Å²) < 4.78 is 29.7. The Balaban J connectivity index is 2.07. The fourth-order valence-electron chi connectivity index (χ4n) is 3.01. The number of thioether (sulfide) groups is 1. The molecule has 0 spiro atoms. The minimum absolute atomic E-state index is 0.0508. The van der Waals surface area contributed by atoms with E-state index in [0.29, 0.717) is 11.8 Å². The van der Waals surface area contributed by atoms with Crippen LogP contribution in [0.15, 0.2) is 0 Å². The molecule has 0 aliphatic carbocycles. The van der Waals surface area contributed by atoms with Crippen molar-refractivity contribution in [3.63, 3.8) is 0 Å². The summed E-state index contributed by atoms with van der Waals surface area (Å²) in [7, 11) is -3.03. The lowest BCUT2D eigenvalue weighted by molar-refractivity contribution is 0.105. The number of sulfone groups is 1. The zero-order valence-corrected chi connectivity index (χ0v) is 14.9. The molecule has 0 radical (unpaired) electrons. The summed E-state index contributed by atoms with van der Waals surface area (Å²) in [6.07, 6.45) is 2.37. The average Bonchev–Trinajstić information content (AvgIpc) is 2.85. The Morgan fingerprint density at radius 3 is 2.81 bits per heavy atom. The molecule has 1 N–H and O–H groups in total. The van der Waals surface area contributed by atoms with Crippen LogP contribution < -0.4 is 5.32 Å². The van der Waals surface area contributed by atoms with E-state index in [1.54, 1.807) is 11.8 Å². The number of nitrogens with one attached hydrogen (secondary N) is 1. The average molecular weight is 337 g/mol. The zero-order valence-electron chi connectivity index (χ0n) is 13.3. The first-order valence-electron chi connectivity index (χ1n) is 7.64. The second kappa shape index (κ2) is 7.17. The van der Waals surface area contributed by atoms with Crippen molar-refractivity contribution in [3.05, 3.63) is 0 Å². The topological polar surface area (TPSA) is 58.6 Å². The molecule has 21 heavy (non-hydrogen) atoms. The largest absolute Gasteiger partial charge is 0.381 e. The third-order valence-corrected chi connectivity index (χ3v) is 6.98. The minimum Gasteiger partial charge on any atom is -0.381 e. The van der Waals surface area contributed by atoms with Gasteiger partial charge >= 0.3 is 0 Å². The molecule has 2 fully saturated rings. The van der Waals surface area contributed by atoms with Crippen LogP contribution in [0.1, 0.15) is 20.3 Å². The Kier molecular flexibility index (Phi) is 5.99. The van der Waals surface area contributed by atoms with Gasteiger partial charge in [-0.05, 0) is 6.42 Å². The Bertz CT molecular complexity index is 434. The lowest BCUT2D eigenvalue weighted by Gasteiger charge is -2.40. The van der Waals surface area contributed by atoms with E-state index in [-0.39, 0.29) is 10.8 Å². The van der Waals surface area contributed by atoms with Gasteiger partial charge in [-0.1, -0.05) is 13.8 Å². The maximum Gasteiger partial charge on any atom is 0.164 e. The molecule has 0 aromatic rings. The van der Waals surface area contributed by atoms with E-state index in [1.807, 2.05) is 0 Å². The summed E-state index contributed by atoms with van der Waals surface area (Å²) in [5.74, 6) is 1.70. The van der Waals surface area contributed by atoms with Crippen molar-refractivity contribution in [3.8, 4) is 0 Å². The lowest BCUT2D eigenvalue weighted by Crippen LogP contribution is -2.54. The molecule has 5 nitrogen and oxygen atoms in total. The maximum absolute atomic E-state index is 12.0. The Morgan fingerprint density at radius 2 is 2.24 bits per heavy atom. The normalized spacial score (nSPS) is 31.9. The van der Waals surface area contributed by atoms with E-state index in [9.17, 15) is 8.42 Å². The van der Waals surface area contributed by atoms with Crippen LogP contribution in [0.3, 0.4) is 0 Å². The van der Waals surface area contributed by atoms with E-state index < -0.39 is 9.84 Å². The molecule has 2 heterocycles. The van der Waals surface area contributed by atoms with Crippen LogP contribution in [0.2, 0.25) is 0 Å². The Hall–Kier alpha value is 0.180. The van der Waals surface area contributed by atoms with E-state index in [2.05, 4.69) is 24.1 Å². The minimum atomic E-state index is -3.03. The smallest absolute Gasteiger partial charge is 0.164 e. The molecule has 0 bridgehead atoms. The van der Waals surface area contributed by atoms with Crippen LogP contribution in [-0.2, 0) is 14.6 Å². The fourth-order valence-corrected chi connectivity index (χ4v) is 5.95. The van der Waals surface area contributed by atoms with Crippen molar-refractivity contribution in [1.29, 1.82) is 0 Å². The number of nitrogens with zero attached hydrogens (tertiary/aromatic N) is 1. The highest BCUT2D eigenvalue weighted by molar-refractivity contribution is 8.00. The molecule has 2 rings (SSSR count). The quantitative estimate of drug-likeness (QED) is 0.775. The van der Waals surface area contributed by atoms with E-state index >= 15 is 0 Å². The number of rotatable bonds is 6. The van der Waals surface area contributed by atoms with Crippen LogP contribution in [0, 0.1) is 5.41 Å². The Morgan fingerprint density at radius 1 is 1.48 bits per heavy atom. The maximum atomic E-state index is 12.0. The molecule has 2 aliphatic heterocycles. The van der Waals surface area contributed by atoms with E-state index in [0.717, 1.165) is 45.0 Å². The molecule has 0 aromatic heterocycles. The molecular formula is C14H28N2O3S2. The van der Waals surface area contributed by atoms with Crippen LogP contribution in [-0.4, -0.2) is 75.3 Å². The summed E-state index contributed by atoms with van der Waals surface area (Å²) in [5.41, 5.74) is 0.0508. The second-order valence-corrected chi connectivity index (χ2v) is 10.0. The molecule has 2 unspecified atom stereocenters. The first-order valence-corrected chi connectivity index (χ1v) is 10.8. The lowest BCUT2D eigenvalue weighted by atomic mass is 9.86. The summed E-state index contributed by atoms with van der Waals surface area (Å²) in [4.78, 5) is 2.17. The highest BCUT2D eigenvalue weighted by atomic mass is 32.2. The zero-order chi connectivity index (χ0) is 15.5. The summed E-state index contributed by atoms with van der Waals surface area (Å²) in [6, 6.07) is 0.435. The van der Waals surface area contributed by atoms with Gasteiger partial charge in [0.25, 0.3) is 0 Å². The van der Waals surface area contributed by atoms with Crippen molar-refractivity contribution in [1.82, 2.24) is 10.2 Å². The van der Waals surface area contributed by atoms with Gasteiger partial charge < -0.3 is 10.1 Å². The first-order chi connectivity index (χ1) is 9.82. The monoisotopic (exact) mass is 336 g/mol. The molecule has 2 aliphatic rings. The summed E-state index contributed by atoms with van der Waals surface area (Å²) >= 11 is 1.74. The van der Waals surface area contributed by atoms with Crippen LogP contribution in [0.5, 0.6) is 0 Å². The molecule has 0 saturated carbocycles. The molecule has 2 atom stereocenters. The molecule has 2 saturated heterocycles. The van der Waals surface area contributed by atoms with Crippen molar-refractivity contribution < 1.29 is 13.2 Å². The SMILES string of the molecule is CC(C)NCC1(CN2CCSCC2S(C)(=O)=O)CCOC1. The van der Waals surface area contributed by atoms with Crippen molar-refractivity contribution in [2.24, 2.45) is 5.41 Å². The van der Waals surface area contributed by atoms with Crippen molar-refractivity contribution in [2.45, 2.75) is 31.7 Å². The molecule has 0 aromatic carbocycles. The molecule has 7 heteroatoms. The second-order valence-electron chi connectivity index (χ2n) is 6.67. The standard InChI is InChI=1S/C14H28N2O3S2/c1-12(2)15-9-14(4-6-19-11-14)10-16-5-7-20-8-13(16)21(3,17)18/h12-13,15H,4-11H2,1-3H3. The number of ether oxygens (including phenoxy) is 1. The van der Waals surface area contributed by atoms with Crippen LogP contribution >= 0.6 is 11.8 Å². The van der Waals surface area contributed by atoms with Gasteiger partial charge in [0.05, 0.1) is 6.61 Å². The third kappa shape index (κ3) is 4.82. The van der Waals surface area contributed by atoms with Gasteiger partial charge in [0, 0.05) is 55.5 Å². The fraction of sp³-hybridized carbons (Fsp3) is 1.00. The van der Waals surface area contributed by atoms with Gasteiger partial charge in [-0.25, -0.2) is 8.42 Å². The predicted molar refractivity (Wildman–Crippen MR) is 88.5 cm³/mol. The van der Waals surface area contributed by atoms with Gasteiger partial charge in [-0.15, -0.1) is 0 Å². The van der Waals surface area contributed by atoms with Crippen LogP contribution in [0.25, 0.3) is 0 Å². The van der Waals surface area contributed by atoms with Gasteiger partial charge in [-0.2, -0.15) is 11.8 Å². The molecule has 124 valence electrons. The van der Waals surface area contributed by atoms with Crippen molar-refractivity contribution >= 4 is 21.6 Å². The predicted octanol–water partition coefficient (Wildman–Crippen LogP) is 0.811. The van der Waals surface area contributed by atoms with Gasteiger partial charge in [0.2, 0.25) is 0 Å². The molecular weight excluding hydrogens is 308 g/mol. The van der Waals surface area contributed by atoms with Gasteiger partial charge in [-0.3, -0.25) is 4.90 Å². The molecule has 0 amide bonds. The van der Waals surface area contributed by atoms with E-state index in [4.69, 9.17) is 4.74 Å². The van der Waals surface area contributed by atoms with Gasteiger partial charge in [0.1, 0.15) is 5.37 Å². The first kappa shape index (κ1) is 17.5. The Labute approximate surface area is 133 Å². The van der Waals surface area contributed by atoms with E-state index in [1.165, 1.54) is 6.26 Å². The number of hydrogen-bond donors (Lipinski definition) is 1.